The average Bonchev–Trinajstić information content (AvgIpc) is 2.67. The molecule has 2 amide bonds. The van der Waals surface area contributed by atoms with Crippen molar-refractivity contribution >= 4 is 23.6 Å². The maximum Gasteiger partial charge on any atom is 0.387 e. The molecule has 0 saturated carbocycles. The Morgan fingerprint density at radius 2 is 1.73 bits per heavy atom. The lowest BCUT2D eigenvalue weighted by atomic mass is 10.1. The van der Waals surface area contributed by atoms with Crippen LogP contribution in [0.2, 0.25) is 0 Å². The van der Waals surface area contributed by atoms with Gasteiger partial charge in [0.1, 0.15) is 0 Å². The van der Waals surface area contributed by atoms with Crippen molar-refractivity contribution in [1.29, 1.82) is 0 Å². The summed E-state index contributed by atoms with van der Waals surface area (Å²) in [4.78, 5) is 24.1. The second-order valence-corrected chi connectivity index (χ2v) is 6.66. The fraction of sp³-hybridized carbons (Fsp3) is 0.273. The second-order valence-electron chi connectivity index (χ2n) is 6.66. The molecule has 30 heavy (non-hydrogen) atoms. The van der Waals surface area contributed by atoms with Crippen molar-refractivity contribution in [1.82, 2.24) is 5.32 Å². The number of rotatable bonds is 8. The molecule has 0 aromatic heterocycles. The molecular weight excluding hydrogens is 394 g/mol. The Morgan fingerprint density at radius 1 is 1.07 bits per heavy atom. The van der Waals surface area contributed by atoms with E-state index in [1.54, 1.807) is 0 Å². The van der Waals surface area contributed by atoms with Crippen LogP contribution in [0.25, 0.3) is 6.08 Å². The van der Waals surface area contributed by atoms with Gasteiger partial charge in [0.2, 0.25) is 11.8 Å². The van der Waals surface area contributed by atoms with E-state index in [1.165, 1.54) is 37.5 Å². The molecule has 2 rings (SSSR count). The van der Waals surface area contributed by atoms with E-state index < -0.39 is 12.5 Å². The number of nitrogens with one attached hydrogen (secondary N) is 2. The predicted octanol–water partition coefficient (Wildman–Crippen LogP) is 3.99. The lowest BCUT2D eigenvalue weighted by Crippen LogP contribution is -2.32. The summed E-state index contributed by atoms with van der Waals surface area (Å²) in [7, 11) is 1.32. The van der Waals surface area contributed by atoms with Crippen LogP contribution in [0.1, 0.15) is 22.3 Å². The zero-order valence-electron chi connectivity index (χ0n) is 17.2. The predicted molar refractivity (Wildman–Crippen MR) is 111 cm³/mol. The number of alkyl halides is 2. The number of carbonyl (C=O) groups excluding carboxylic acids is 2. The summed E-state index contributed by atoms with van der Waals surface area (Å²) in [5, 5.41) is 5.30. The summed E-state index contributed by atoms with van der Waals surface area (Å²) in [6.07, 6.45) is 2.70. The van der Waals surface area contributed by atoms with Crippen molar-refractivity contribution in [3.63, 3.8) is 0 Å². The summed E-state index contributed by atoms with van der Waals surface area (Å²) in [5.41, 5.74) is 4.26. The highest BCUT2D eigenvalue weighted by Gasteiger charge is 2.11. The van der Waals surface area contributed by atoms with Crippen molar-refractivity contribution in [2.75, 3.05) is 19.0 Å². The topological polar surface area (TPSA) is 76.7 Å². The number of amides is 2. The Bertz CT molecular complexity index is 935. The van der Waals surface area contributed by atoms with E-state index in [-0.39, 0.29) is 24.0 Å². The number of ether oxygens (including phenoxy) is 2. The van der Waals surface area contributed by atoms with E-state index in [1.807, 2.05) is 32.9 Å². The van der Waals surface area contributed by atoms with Crippen molar-refractivity contribution < 1.29 is 27.8 Å². The minimum Gasteiger partial charge on any atom is -0.493 e. The smallest absolute Gasteiger partial charge is 0.387 e. The quantitative estimate of drug-likeness (QED) is 0.636. The van der Waals surface area contributed by atoms with Crippen LogP contribution in [-0.2, 0) is 9.59 Å². The number of halogens is 2. The number of hydrogen-bond acceptors (Lipinski definition) is 4. The summed E-state index contributed by atoms with van der Waals surface area (Å²) >= 11 is 0. The van der Waals surface area contributed by atoms with Crippen LogP contribution in [0.4, 0.5) is 14.5 Å². The maximum atomic E-state index is 12.4. The molecule has 8 heteroatoms. The minimum absolute atomic E-state index is 0.104. The lowest BCUT2D eigenvalue weighted by molar-refractivity contribution is -0.121. The SMILES string of the molecule is COc1cc(/C=C/C(=O)NCC(=O)Nc2c(C)cc(C)cc2C)ccc1OC(F)F. The van der Waals surface area contributed by atoms with Gasteiger partial charge in [-0.25, -0.2) is 0 Å². The van der Waals surface area contributed by atoms with Crippen molar-refractivity contribution in [3.05, 3.63) is 58.7 Å². The second kappa shape index (κ2) is 10.4. The molecule has 0 saturated heterocycles. The third-order valence-corrected chi connectivity index (χ3v) is 4.20. The summed E-state index contributed by atoms with van der Waals surface area (Å²) < 4.78 is 34.1. The van der Waals surface area contributed by atoms with Gasteiger partial charge in [0.05, 0.1) is 13.7 Å². The van der Waals surface area contributed by atoms with E-state index >= 15 is 0 Å². The highest BCUT2D eigenvalue weighted by atomic mass is 19.3. The molecule has 0 aliphatic carbocycles. The zero-order valence-corrected chi connectivity index (χ0v) is 17.2. The van der Waals surface area contributed by atoms with Gasteiger partial charge in [0.15, 0.2) is 11.5 Å². The number of anilines is 1. The standard InChI is InChI=1S/C22H24F2N2O4/c1-13-9-14(2)21(15(3)10-13)26-20(28)12-25-19(27)8-6-16-5-7-17(30-22(23)24)18(11-16)29-4/h5-11,22H,12H2,1-4H3,(H,25,27)(H,26,28)/b8-6+. The molecule has 0 fully saturated rings. The molecule has 160 valence electrons. The third-order valence-electron chi connectivity index (χ3n) is 4.20. The van der Waals surface area contributed by atoms with E-state index in [0.717, 1.165) is 22.4 Å². The zero-order chi connectivity index (χ0) is 22.3. The first-order valence-corrected chi connectivity index (χ1v) is 9.16. The van der Waals surface area contributed by atoms with Crippen molar-refractivity contribution in [2.45, 2.75) is 27.4 Å². The molecular formula is C22H24F2N2O4. The Hall–Kier alpha value is -3.42. The Morgan fingerprint density at radius 3 is 2.33 bits per heavy atom. The monoisotopic (exact) mass is 418 g/mol. The fourth-order valence-corrected chi connectivity index (χ4v) is 2.94. The largest absolute Gasteiger partial charge is 0.493 e. The molecule has 0 spiro atoms. The Balaban J connectivity index is 1.93. The molecule has 0 aliphatic rings. The minimum atomic E-state index is -2.97. The van der Waals surface area contributed by atoms with Gasteiger partial charge in [0, 0.05) is 11.8 Å². The van der Waals surface area contributed by atoms with Crippen LogP contribution in [0.15, 0.2) is 36.4 Å². The highest BCUT2D eigenvalue weighted by molar-refractivity contribution is 5.98. The number of hydrogen-bond donors (Lipinski definition) is 2. The maximum absolute atomic E-state index is 12.4. The van der Waals surface area contributed by atoms with Gasteiger partial charge >= 0.3 is 6.61 Å². The van der Waals surface area contributed by atoms with E-state index in [2.05, 4.69) is 15.4 Å². The number of carbonyl (C=O) groups is 2. The molecule has 0 heterocycles. The fourth-order valence-electron chi connectivity index (χ4n) is 2.94. The first-order chi connectivity index (χ1) is 14.2. The van der Waals surface area contributed by atoms with Crippen LogP contribution < -0.4 is 20.1 Å². The van der Waals surface area contributed by atoms with Crippen LogP contribution in [0.3, 0.4) is 0 Å². The molecule has 0 bridgehead atoms. The van der Waals surface area contributed by atoms with E-state index in [0.29, 0.717) is 5.56 Å². The molecule has 2 N–H and O–H groups in total. The highest BCUT2D eigenvalue weighted by Crippen LogP contribution is 2.29. The molecule has 0 atom stereocenters. The number of methoxy groups -OCH3 is 1. The first-order valence-electron chi connectivity index (χ1n) is 9.16. The summed E-state index contributed by atoms with van der Waals surface area (Å²) in [5.74, 6) is -0.815. The molecule has 0 unspecified atom stereocenters. The van der Waals surface area contributed by atoms with Crippen LogP contribution in [0, 0.1) is 20.8 Å². The molecule has 0 aliphatic heterocycles. The number of aryl methyl sites for hydroxylation is 3. The van der Waals surface area contributed by atoms with Crippen LogP contribution >= 0.6 is 0 Å². The Labute approximate surface area is 173 Å². The van der Waals surface area contributed by atoms with Gasteiger partial charge in [-0.15, -0.1) is 0 Å². The van der Waals surface area contributed by atoms with Crippen molar-refractivity contribution in [2.24, 2.45) is 0 Å². The lowest BCUT2D eigenvalue weighted by Gasteiger charge is -2.13. The van der Waals surface area contributed by atoms with E-state index in [9.17, 15) is 18.4 Å². The van der Waals surface area contributed by atoms with Gasteiger partial charge in [-0.2, -0.15) is 8.78 Å². The van der Waals surface area contributed by atoms with Gasteiger partial charge in [-0.1, -0.05) is 23.8 Å². The van der Waals surface area contributed by atoms with Gasteiger partial charge in [0.25, 0.3) is 0 Å². The van der Waals surface area contributed by atoms with Gasteiger partial charge in [-0.05, 0) is 55.7 Å². The molecule has 6 nitrogen and oxygen atoms in total. The molecule has 2 aromatic rings. The molecule has 0 radical (unpaired) electrons. The summed E-state index contributed by atoms with van der Waals surface area (Å²) in [6, 6.07) is 8.21. The van der Waals surface area contributed by atoms with Crippen molar-refractivity contribution in [3.8, 4) is 11.5 Å². The molecule has 2 aromatic carbocycles. The number of benzene rings is 2. The first kappa shape index (κ1) is 22.9. The van der Waals surface area contributed by atoms with Gasteiger partial charge in [-0.3, -0.25) is 9.59 Å². The Kier molecular flexibility index (Phi) is 7.91. The third kappa shape index (κ3) is 6.58. The van der Waals surface area contributed by atoms with Crippen LogP contribution in [-0.4, -0.2) is 32.1 Å². The van der Waals surface area contributed by atoms with Crippen LogP contribution in [0.5, 0.6) is 11.5 Å². The average molecular weight is 418 g/mol. The normalized spacial score (nSPS) is 10.9. The van der Waals surface area contributed by atoms with E-state index in [4.69, 9.17) is 4.74 Å². The summed E-state index contributed by atoms with van der Waals surface area (Å²) in [6.45, 7) is 2.63. The van der Waals surface area contributed by atoms with Gasteiger partial charge < -0.3 is 20.1 Å².